The first-order valence-corrected chi connectivity index (χ1v) is 10.1. The molecule has 1 saturated carbocycles. The van der Waals surface area contributed by atoms with Gasteiger partial charge >= 0.3 is 5.69 Å². The molecule has 4 rings (SSSR count). The molecule has 154 valence electrons. The van der Waals surface area contributed by atoms with Crippen LogP contribution in [0.4, 0.5) is 0 Å². The van der Waals surface area contributed by atoms with Crippen LogP contribution in [-0.4, -0.2) is 26.8 Å². The lowest BCUT2D eigenvalue weighted by Gasteiger charge is -2.12. The van der Waals surface area contributed by atoms with Crippen molar-refractivity contribution in [1.82, 2.24) is 19.7 Å². The summed E-state index contributed by atoms with van der Waals surface area (Å²) in [5.74, 6) is -0.0860. The van der Waals surface area contributed by atoms with Gasteiger partial charge in [-0.3, -0.25) is 14.2 Å². The molecular formula is C23H24N4O3. The highest BCUT2D eigenvalue weighted by molar-refractivity contribution is 5.91. The van der Waals surface area contributed by atoms with Crippen LogP contribution >= 0.6 is 0 Å². The van der Waals surface area contributed by atoms with Gasteiger partial charge in [0.1, 0.15) is 0 Å². The average Bonchev–Trinajstić information content (AvgIpc) is 3.56. The average molecular weight is 404 g/mol. The molecule has 1 aromatic heterocycles. The molecule has 0 unspecified atom stereocenters. The summed E-state index contributed by atoms with van der Waals surface area (Å²) in [7, 11) is 0. The molecule has 1 amide bonds. The van der Waals surface area contributed by atoms with Crippen molar-refractivity contribution < 1.29 is 4.79 Å². The third kappa shape index (κ3) is 4.25. The Morgan fingerprint density at radius 1 is 1.00 bits per heavy atom. The largest absolute Gasteiger partial charge is 0.352 e. The molecule has 30 heavy (non-hydrogen) atoms. The van der Waals surface area contributed by atoms with E-state index in [1.165, 1.54) is 0 Å². The quantitative estimate of drug-likeness (QED) is 0.682. The number of nitrogens with one attached hydrogen (secondary N) is 1. The van der Waals surface area contributed by atoms with Crippen molar-refractivity contribution in [3.8, 4) is 5.69 Å². The highest BCUT2D eigenvalue weighted by atomic mass is 16.2. The first-order valence-electron chi connectivity index (χ1n) is 10.1. The number of hydrogen-bond donors (Lipinski definition) is 1. The smallest absolute Gasteiger partial charge is 0.350 e. The van der Waals surface area contributed by atoms with Gasteiger partial charge < -0.3 is 5.32 Å². The van der Waals surface area contributed by atoms with Crippen molar-refractivity contribution in [2.24, 2.45) is 5.92 Å². The Morgan fingerprint density at radius 3 is 2.20 bits per heavy atom. The molecular weight excluding hydrogens is 380 g/mol. The molecule has 0 atom stereocenters. The van der Waals surface area contributed by atoms with Gasteiger partial charge in [0.15, 0.2) is 0 Å². The number of amides is 1. The topological polar surface area (TPSA) is 86.0 Å². The molecule has 1 heterocycles. The number of benzene rings is 2. The van der Waals surface area contributed by atoms with Crippen LogP contribution in [-0.2, 0) is 6.54 Å². The van der Waals surface area contributed by atoms with E-state index in [-0.39, 0.29) is 12.2 Å². The maximum Gasteiger partial charge on any atom is 0.352 e. The summed E-state index contributed by atoms with van der Waals surface area (Å²) in [6.45, 7) is 4.49. The van der Waals surface area contributed by atoms with E-state index in [1.807, 2.05) is 50.2 Å². The van der Waals surface area contributed by atoms with Gasteiger partial charge in [-0.2, -0.15) is 9.78 Å². The van der Waals surface area contributed by atoms with E-state index in [2.05, 4.69) is 10.4 Å². The lowest BCUT2D eigenvalue weighted by Crippen LogP contribution is -2.46. The van der Waals surface area contributed by atoms with E-state index in [4.69, 9.17) is 0 Å². The van der Waals surface area contributed by atoms with Crippen molar-refractivity contribution in [3.05, 3.63) is 91.8 Å². The van der Waals surface area contributed by atoms with Crippen LogP contribution in [0.3, 0.4) is 0 Å². The van der Waals surface area contributed by atoms with Crippen molar-refractivity contribution in [1.29, 1.82) is 0 Å². The molecule has 0 aliphatic heterocycles. The third-order valence-corrected chi connectivity index (χ3v) is 5.26. The Labute approximate surface area is 174 Å². The predicted molar refractivity (Wildman–Crippen MR) is 114 cm³/mol. The standard InChI is InChI=1S/C23H24N4O3/c1-15-3-7-18(8-4-15)14-26-22(29)20(21(28)24-13-17-9-10-17)25-27(23(26)30)19-11-5-16(2)6-12-19/h3-8,11-12,17H,9-10,13-14H2,1-2H3,(H,24,28). The number of nitrogens with zero attached hydrogens (tertiary/aromatic N) is 3. The van der Waals surface area contributed by atoms with Gasteiger partial charge in [0, 0.05) is 6.54 Å². The zero-order valence-electron chi connectivity index (χ0n) is 17.1. The minimum Gasteiger partial charge on any atom is -0.350 e. The second-order valence-electron chi connectivity index (χ2n) is 7.91. The first kappa shape index (κ1) is 19.8. The zero-order chi connectivity index (χ0) is 21.3. The molecule has 1 fully saturated rings. The van der Waals surface area contributed by atoms with Gasteiger partial charge in [-0.05, 0) is 50.3 Å². The summed E-state index contributed by atoms with van der Waals surface area (Å²) < 4.78 is 2.20. The Bertz CT molecular complexity index is 1190. The highest BCUT2D eigenvalue weighted by Crippen LogP contribution is 2.27. The van der Waals surface area contributed by atoms with Crippen molar-refractivity contribution in [3.63, 3.8) is 0 Å². The second-order valence-corrected chi connectivity index (χ2v) is 7.91. The number of carbonyl (C=O) groups excluding carboxylic acids is 1. The van der Waals surface area contributed by atoms with Gasteiger partial charge in [0.2, 0.25) is 5.69 Å². The van der Waals surface area contributed by atoms with Gasteiger partial charge in [0.25, 0.3) is 11.5 Å². The molecule has 1 aliphatic carbocycles. The lowest BCUT2D eigenvalue weighted by atomic mass is 10.1. The number of aromatic nitrogens is 3. The van der Waals surface area contributed by atoms with Gasteiger partial charge in [0.05, 0.1) is 12.2 Å². The van der Waals surface area contributed by atoms with Crippen LogP contribution in [0.5, 0.6) is 0 Å². The van der Waals surface area contributed by atoms with Crippen LogP contribution in [0.15, 0.2) is 58.1 Å². The SMILES string of the molecule is Cc1ccc(Cn2c(=O)c(C(=O)NCC3CC3)nn(-c3ccc(C)cc3)c2=O)cc1. The maximum atomic E-state index is 13.1. The van der Waals surface area contributed by atoms with Crippen LogP contribution in [0, 0.1) is 19.8 Å². The fraction of sp³-hybridized carbons (Fsp3) is 0.304. The fourth-order valence-electron chi connectivity index (χ4n) is 3.17. The van der Waals surface area contributed by atoms with Crippen LogP contribution in [0.2, 0.25) is 0 Å². The molecule has 2 aromatic carbocycles. The normalized spacial score (nSPS) is 13.3. The fourth-order valence-corrected chi connectivity index (χ4v) is 3.17. The van der Waals surface area contributed by atoms with E-state index >= 15 is 0 Å². The Kier molecular flexibility index (Phi) is 5.35. The maximum absolute atomic E-state index is 13.1. The Morgan fingerprint density at radius 2 is 1.60 bits per heavy atom. The first-order chi connectivity index (χ1) is 14.4. The van der Waals surface area contributed by atoms with E-state index in [1.54, 1.807) is 12.1 Å². The summed E-state index contributed by atoms with van der Waals surface area (Å²) in [6.07, 6.45) is 2.16. The molecule has 0 saturated heterocycles. The number of rotatable bonds is 6. The summed E-state index contributed by atoms with van der Waals surface area (Å²) in [6, 6.07) is 14.8. The Hall–Kier alpha value is -3.48. The number of hydrogen-bond acceptors (Lipinski definition) is 4. The van der Waals surface area contributed by atoms with Gasteiger partial charge in [-0.25, -0.2) is 4.79 Å². The van der Waals surface area contributed by atoms with E-state index in [0.717, 1.165) is 38.8 Å². The second kappa shape index (κ2) is 8.10. The van der Waals surface area contributed by atoms with Crippen molar-refractivity contribution >= 4 is 5.91 Å². The minimum atomic E-state index is -0.683. The molecule has 3 aromatic rings. The number of aryl methyl sites for hydroxylation is 2. The molecule has 1 N–H and O–H groups in total. The summed E-state index contributed by atoms with van der Waals surface area (Å²) >= 11 is 0. The zero-order valence-corrected chi connectivity index (χ0v) is 17.1. The number of carbonyl (C=O) groups is 1. The Balaban J connectivity index is 1.80. The molecule has 0 radical (unpaired) electrons. The molecule has 7 heteroatoms. The minimum absolute atomic E-state index is 0.0647. The highest BCUT2D eigenvalue weighted by Gasteiger charge is 2.25. The van der Waals surface area contributed by atoms with Crippen molar-refractivity contribution in [2.45, 2.75) is 33.2 Å². The molecule has 7 nitrogen and oxygen atoms in total. The van der Waals surface area contributed by atoms with E-state index in [9.17, 15) is 14.4 Å². The summed E-state index contributed by atoms with van der Waals surface area (Å²) in [5.41, 5.74) is 1.87. The predicted octanol–water partition coefficient (Wildman–Crippen LogP) is 2.20. The van der Waals surface area contributed by atoms with Crippen LogP contribution in [0.25, 0.3) is 5.69 Å². The van der Waals surface area contributed by atoms with Gasteiger partial charge in [-0.1, -0.05) is 47.5 Å². The lowest BCUT2D eigenvalue weighted by molar-refractivity contribution is 0.0942. The van der Waals surface area contributed by atoms with E-state index in [0.29, 0.717) is 18.2 Å². The van der Waals surface area contributed by atoms with Crippen molar-refractivity contribution in [2.75, 3.05) is 6.54 Å². The molecule has 0 spiro atoms. The summed E-state index contributed by atoms with van der Waals surface area (Å²) in [4.78, 5) is 38.8. The third-order valence-electron chi connectivity index (χ3n) is 5.26. The van der Waals surface area contributed by atoms with E-state index < -0.39 is 17.2 Å². The molecule has 1 aliphatic rings. The van der Waals surface area contributed by atoms with Gasteiger partial charge in [-0.15, -0.1) is 0 Å². The van der Waals surface area contributed by atoms with Crippen LogP contribution in [0.1, 0.15) is 40.0 Å². The summed E-state index contributed by atoms with van der Waals surface area (Å²) in [5, 5.41) is 6.92. The monoisotopic (exact) mass is 404 g/mol. The molecule has 0 bridgehead atoms. The van der Waals surface area contributed by atoms with Crippen LogP contribution < -0.4 is 16.6 Å².